The highest BCUT2D eigenvalue weighted by Crippen LogP contribution is 2.24. The first-order chi connectivity index (χ1) is 13.2. The Kier molecular flexibility index (Phi) is 6.81. The minimum absolute atomic E-state index is 0.140. The first-order valence-corrected chi connectivity index (χ1v) is 9.33. The molecule has 2 N–H and O–H groups in total. The third-order valence-corrected chi connectivity index (χ3v) is 4.83. The van der Waals surface area contributed by atoms with E-state index in [1.54, 1.807) is 13.3 Å². The Labute approximate surface area is 158 Å². The second kappa shape index (κ2) is 9.50. The van der Waals surface area contributed by atoms with E-state index < -0.39 is 11.6 Å². The maximum atomic E-state index is 13.7. The van der Waals surface area contributed by atoms with Crippen LogP contribution in [0.15, 0.2) is 46.0 Å². The van der Waals surface area contributed by atoms with Crippen LogP contribution in [0.2, 0.25) is 0 Å². The molecule has 146 valence electrons. The lowest BCUT2D eigenvalue weighted by molar-refractivity contribution is 0.215. The maximum Gasteiger partial charge on any atom is 0.191 e. The number of guanidine groups is 1. The summed E-state index contributed by atoms with van der Waals surface area (Å²) in [5.41, 5.74) is 0.350. The lowest BCUT2D eigenvalue weighted by atomic mass is 10.1. The highest BCUT2D eigenvalue weighted by molar-refractivity contribution is 5.79. The molecule has 2 aromatic rings. The van der Waals surface area contributed by atoms with Gasteiger partial charge >= 0.3 is 0 Å². The smallest absolute Gasteiger partial charge is 0.191 e. The van der Waals surface area contributed by atoms with Gasteiger partial charge in [0, 0.05) is 20.1 Å². The first kappa shape index (κ1) is 19.4. The van der Waals surface area contributed by atoms with Crippen LogP contribution in [0.4, 0.5) is 8.78 Å². The molecule has 1 aliphatic heterocycles. The Morgan fingerprint density at radius 2 is 2.04 bits per heavy atom. The van der Waals surface area contributed by atoms with Crippen LogP contribution in [0, 0.1) is 11.6 Å². The Bertz CT molecular complexity index is 742. The summed E-state index contributed by atoms with van der Waals surface area (Å²) in [4.78, 5) is 6.62. The summed E-state index contributed by atoms with van der Waals surface area (Å²) >= 11 is 0. The number of hydrogen-bond acceptors (Lipinski definition) is 3. The molecule has 3 rings (SSSR count). The molecular weight excluding hydrogens is 350 g/mol. The molecule has 1 unspecified atom stereocenters. The van der Waals surface area contributed by atoms with E-state index in [0.717, 1.165) is 31.0 Å². The lowest BCUT2D eigenvalue weighted by Crippen LogP contribution is -2.43. The minimum Gasteiger partial charge on any atom is -0.468 e. The second-order valence-electron chi connectivity index (χ2n) is 6.64. The molecular formula is C20H26F2N4O. The fraction of sp³-hybridized carbons (Fsp3) is 0.450. The predicted molar refractivity (Wildman–Crippen MR) is 102 cm³/mol. The normalized spacial score (nSPS) is 16.5. The maximum absolute atomic E-state index is 13.7. The van der Waals surface area contributed by atoms with E-state index >= 15 is 0 Å². The van der Waals surface area contributed by atoms with E-state index in [0.29, 0.717) is 31.0 Å². The number of nitrogens with one attached hydrogen (secondary N) is 2. The van der Waals surface area contributed by atoms with Crippen LogP contribution in [0.5, 0.6) is 0 Å². The van der Waals surface area contributed by atoms with Crippen molar-refractivity contribution in [1.82, 2.24) is 15.5 Å². The van der Waals surface area contributed by atoms with Crippen LogP contribution >= 0.6 is 0 Å². The first-order valence-electron chi connectivity index (χ1n) is 9.33. The summed E-state index contributed by atoms with van der Waals surface area (Å²) in [5.74, 6) is 0.734. The third-order valence-electron chi connectivity index (χ3n) is 4.83. The molecule has 1 aromatic heterocycles. The van der Waals surface area contributed by atoms with Gasteiger partial charge in [0.2, 0.25) is 0 Å². The Morgan fingerprint density at radius 3 is 2.74 bits per heavy atom. The van der Waals surface area contributed by atoms with Crippen LogP contribution in [-0.2, 0) is 6.42 Å². The van der Waals surface area contributed by atoms with Crippen LogP contribution in [0.25, 0.3) is 0 Å². The zero-order chi connectivity index (χ0) is 19.1. The summed E-state index contributed by atoms with van der Waals surface area (Å²) in [6, 6.07) is 7.54. The molecule has 5 nitrogen and oxygen atoms in total. The van der Waals surface area contributed by atoms with Gasteiger partial charge in [-0.25, -0.2) is 8.78 Å². The molecule has 1 aromatic carbocycles. The number of aliphatic imine (C=N–C) groups is 1. The van der Waals surface area contributed by atoms with Crippen molar-refractivity contribution in [3.63, 3.8) is 0 Å². The van der Waals surface area contributed by atoms with Gasteiger partial charge < -0.3 is 15.1 Å². The van der Waals surface area contributed by atoms with Crippen molar-refractivity contribution in [3.05, 3.63) is 59.6 Å². The Morgan fingerprint density at radius 1 is 1.22 bits per heavy atom. The number of benzene rings is 1. The van der Waals surface area contributed by atoms with Crippen molar-refractivity contribution in [2.24, 2.45) is 4.99 Å². The van der Waals surface area contributed by atoms with Crippen molar-refractivity contribution in [3.8, 4) is 0 Å². The van der Waals surface area contributed by atoms with E-state index in [1.807, 2.05) is 12.1 Å². The fourth-order valence-electron chi connectivity index (χ4n) is 3.41. The predicted octanol–water partition coefficient (Wildman–Crippen LogP) is 3.10. The summed E-state index contributed by atoms with van der Waals surface area (Å²) in [6.07, 6.45) is 4.46. The fourth-order valence-corrected chi connectivity index (χ4v) is 3.41. The third kappa shape index (κ3) is 5.29. The quantitative estimate of drug-likeness (QED) is 0.576. The molecule has 0 saturated carbocycles. The molecule has 0 amide bonds. The summed E-state index contributed by atoms with van der Waals surface area (Å²) in [5, 5.41) is 6.47. The summed E-state index contributed by atoms with van der Waals surface area (Å²) in [7, 11) is 1.69. The van der Waals surface area contributed by atoms with E-state index in [4.69, 9.17) is 4.42 Å². The number of likely N-dealkylation sites (tertiary alicyclic amines) is 1. The number of furan rings is 1. The van der Waals surface area contributed by atoms with Gasteiger partial charge in [0.1, 0.15) is 17.4 Å². The van der Waals surface area contributed by atoms with Gasteiger partial charge in [-0.15, -0.1) is 0 Å². The topological polar surface area (TPSA) is 52.8 Å². The lowest BCUT2D eigenvalue weighted by Gasteiger charge is -2.26. The summed E-state index contributed by atoms with van der Waals surface area (Å²) in [6.45, 7) is 3.21. The summed E-state index contributed by atoms with van der Waals surface area (Å²) < 4.78 is 32.6. The highest BCUT2D eigenvalue weighted by atomic mass is 19.1. The van der Waals surface area contributed by atoms with Crippen LogP contribution in [0.3, 0.4) is 0 Å². The Balaban J connectivity index is 1.52. The van der Waals surface area contributed by atoms with Gasteiger partial charge in [-0.05, 0) is 68.2 Å². The average Bonchev–Trinajstić information content (AvgIpc) is 3.37. The SMILES string of the molecule is CN=C(NCCc1cc(F)ccc1F)NCC(c1ccco1)N1CCCC1. The molecule has 2 heterocycles. The van der Waals surface area contributed by atoms with Crippen molar-refractivity contribution in [2.45, 2.75) is 25.3 Å². The Hall–Kier alpha value is -2.41. The molecule has 0 spiro atoms. The molecule has 0 aliphatic carbocycles. The average molecular weight is 376 g/mol. The number of rotatable bonds is 7. The standard InChI is InChI=1S/C20H26F2N4O/c1-23-20(24-9-8-15-13-16(21)6-7-17(15)22)25-14-18(19-5-4-12-27-19)26-10-2-3-11-26/h4-7,12-13,18H,2-3,8-11,14H2,1H3,(H2,23,24,25). The van der Waals surface area contributed by atoms with Gasteiger partial charge in [0.05, 0.1) is 12.3 Å². The van der Waals surface area contributed by atoms with Crippen LogP contribution < -0.4 is 10.6 Å². The minimum atomic E-state index is -0.430. The zero-order valence-corrected chi connectivity index (χ0v) is 15.5. The monoisotopic (exact) mass is 376 g/mol. The van der Waals surface area contributed by atoms with E-state index in [2.05, 4.69) is 20.5 Å². The van der Waals surface area contributed by atoms with Crippen molar-refractivity contribution in [2.75, 3.05) is 33.2 Å². The zero-order valence-electron chi connectivity index (χ0n) is 15.5. The number of halogens is 2. The molecule has 0 bridgehead atoms. The van der Waals surface area contributed by atoms with Crippen molar-refractivity contribution >= 4 is 5.96 Å². The van der Waals surface area contributed by atoms with Gasteiger partial charge in [-0.1, -0.05) is 0 Å². The second-order valence-corrected chi connectivity index (χ2v) is 6.64. The van der Waals surface area contributed by atoms with Crippen molar-refractivity contribution < 1.29 is 13.2 Å². The molecule has 7 heteroatoms. The number of nitrogens with zero attached hydrogens (tertiary/aromatic N) is 2. The van der Waals surface area contributed by atoms with E-state index in [-0.39, 0.29) is 6.04 Å². The molecule has 0 radical (unpaired) electrons. The molecule has 1 aliphatic rings. The van der Waals surface area contributed by atoms with E-state index in [1.165, 1.54) is 18.9 Å². The van der Waals surface area contributed by atoms with Crippen LogP contribution in [-0.4, -0.2) is 44.1 Å². The van der Waals surface area contributed by atoms with E-state index in [9.17, 15) is 8.78 Å². The van der Waals surface area contributed by atoms with Gasteiger partial charge in [0.25, 0.3) is 0 Å². The van der Waals surface area contributed by atoms with Crippen molar-refractivity contribution in [1.29, 1.82) is 0 Å². The molecule has 1 fully saturated rings. The molecule has 1 atom stereocenters. The number of hydrogen-bond donors (Lipinski definition) is 2. The van der Waals surface area contributed by atoms with Gasteiger partial charge in [0.15, 0.2) is 5.96 Å². The van der Waals surface area contributed by atoms with Crippen LogP contribution in [0.1, 0.15) is 30.2 Å². The van der Waals surface area contributed by atoms with Gasteiger partial charge in [-0.3, -0.25) is 9.89 Å². The largest absolute Gasteiger partial charge is 0.468 e. The highest BCUT2D eigenvalue weighted by Gasteiger charge is 2.25. The molecule has 27 heavy (non-hydrogen) atoms. The molecule has 1 saturated heterocycles. The van der Waals surface area contributed by atoms with Gasteiger partial charge in [-0.2, -0.15) is 0 Å².